The van der Waals surface area contributed by atoms with Crippen molar-refractivity contribution in [3.8, 4) is 48.8 Å². The maximum atomic E-state index is 10.3. The SMILES string of the molecule is OCc1ccsc1-c1sc(-c2cc(CO)c(-c3sc(-c4cc(CO)c(-c5sccc5CO)s4)cc3CO)s2)cc1CO. The fourth-order valence-electron chi connectivity index (χ4n) is 4.76. The molecule has 0 spiro atoms. The number of hydrogen-bond donors (Lipinski definition) is 6. The molecular formula is C30H26O6S6. The first-order valence-electron chi connectivity index (χ1n) is 12.8. The van der Waals surface area contributed by atoms with E-state index in [1.165, 1.54) is 22.7 Å². The van der Waals surface area contributed by atoms with Gasteiger partial charge in [-0.3, -0.25) is 0 Å². The normalized spacial score (nSPS) is 11.7. The van der Waals surface area contributed by atoms with Gasteiger partial charge in [0.15, 0.2) is 0 Å². The highest BCUT2D eigenvalue weighted by atomic mass is 32.1. The molecule has 6 N–H and O–H groups in total. The van der Waals surface area contributed by atoms with Crippen LogP contribution in [0, 0.1) is 0 Å². The van der Waals surface area contributed by atoms with E-state index < -0.39 is 0 Å². The van der Waals surface area contributed by atoms with Crippen molar-refractivity contribution in [2.24, 2.45) is 0 Å². The summed E-state index contributed by atoms with van der Waals surface area (Å²) < 4.78 is 0. The average Bonchev–Trinajstić information content (AvgIpc) is 3.86. The standard InChI is InChI=1S/C30H26O6S6/c31-9-15-1-3-37-25(15)27-17(11-33)5-21(39-27)23-7-19(13-35)29(41-23)30-20(14-36)8-24(42-30)22-6-18(12-34)28(40-22)26-16(10-32)2-4-38-26/h1-8,31-36H,9-14H2. The number of aliphatic hydroxyl groups excluding tert-OH is 6. The van der Waals surface area contributed by atoms with E-state index >= 15 is 0 Å². The molecule has 0 aliphatic heterocycles. The Kier molecular flexibility index (Phi) is 9.22. The summed E-state index contributed by atoms with van der Waals surface area (Å²) in [5, 5.41) is 64.2. The van der Waals surface area contributed by atoms with Crippen molar-refractivity contribution in [1.29, 1.82) is 0 Å². The van der Waals surface area contributed by atoms with Gasteiger partial charge in [-0.2, -0.15) is 0 Å². The lowest BCUT2D eigenvalue weighted by Gasteiger charge is -2.00. The largest absolute Gasteiger partial charge is 0.392 e. The van der Waals surface area contributed by atoms with Crippen LogP contribution in [0.1, 0.15) is 33.4 Å². The first-order valence-corrected chi connectivity index (χ1v) is 17.9. The van der Waals surface area contributed by atoms with Crippen molar-refractivity contribution < 1.29 is 30.6 Å². The lowest BCUT2D eigenvalue weighted by Crippen LogP contribution is -1.85. The van der Waals surface area contributed by atoms with Crippen LogP contribution >= 0.6 is 68.0 Å². The summed E-state index contributed by atoms with van der Waals surface area (Å²) in [6.07, 6.45) is 0. The minimum Gasteiger partial charge on any atom is -0.392 e. The molecular weight excluding hydrogens is 649 g/mol. The molecule has 0 amide bonds. The Morgan fingerprint density at radius 1 is 0.357 bits per heavy atom. The van der Waals surface area contributed by atoms with Gasteiger partial charge in [0.1, 0.15) is 0 Å². The zero-order valence-electron chi connectivity index (χ0n) is 22.0. The van der Waals surface area contributed by atoms with Gasteiger partial charge in [-0.05, 0) is 80.5 Å². The van der Waals surface area contributed by atoms with E-state index in [0.29, 0.717) is 0 Å². The van der Waals surface area contributed by atoms with Gasteiger partial charge in [0.2, 0.25) is 0 Å². The fourth-order valence-corrected chi connectivity index (χ4v) is 12.1. The molecule has 0 unspecified atom stereocenters. The highest BCUT2D eigenvalue weighted by molar-refractivity contribution is 7.30. The van der Waals surface area contributed by atoms with Crippen LogP contribution < -0.4 is 0 Å². The van der Waals surface area contributed by atoms with Gasteiger partial charge in [0.05, 0.1) is 68.9 Å². The van der Waals surface area contributed by atoms with Crippen LogP contribution in [0.15, 0.2) is 47.2 Å². The molecule has 0 saturated heterocycles. The maximum Gasteiger partial charge on any atom is 0.0696 e. The lowest BCUT2D eigenvalue weighted by molar-refractivity contribution is 0.281. The van der Waals surface area contributed by atoms with Crippen molar-refractivity contribution in [3.63, 3.8) is 0 Å². The fraction of sp³-hybridized carbons (Fsp3) is 0.200. The highest BCUT2D eigenvalue weighted by Crippen LogP contribution is 2.50. The summed E-state index contributed by atoms with van der Waals surface area (Å²) in [6, 6.07) is 11.7. The van der Waals surface area contributed by atoms with Crippen LogP contribution in [0.25, 0.3) is 48.8 Å². The van der Waals surface area contributed by atoms with E-state index in [0.717, 1.165) is 82.2 Å². The van der Waals surface area contributed by atoms with Gasteiger partial charge in [0, 0.05) is 19.5 Å². The summed E-state index contributed by atoms with van der Waals surface area (Å²) in [5.74, 6) is 0. The Morgan fingerprint density at radius 3 is 0.881 bits per heavy atom. The molecule has 0 aliphatic rings. The van der Waals surface area contributed by atoms with Gasteiger partial charge in [0.25, 0.3) is 0 Å². The molecule has 218 valence electrons. The molecule has 0 atom stereocenters. The Bertz CT molecular complexity index is 1700. The van der Waals surface area contributed by atoms with E-state index in [1.54, 1.807) is 45.3 Å². The lowest BCUT2D eigenvalue weighted by atomic mass is 10.1. The molecule has 6 heterocycles. The zero-order valence-corrected chi connectivity index (χ0v) is 26.9. The van der Waals surface area contributed by atoms with Crippen LogP contribution in [0.2, 0.25) is 0 Å². The van der Waals surface area contributed by atoms with Crippen molar-refractivity contribution in [2.75, 3.05) is 0 Å². The van der Waals surface area contributed by atoms with Gasteiger partial charge < -0.3 is 30.6 Å². The molecule has 6 aromatic heterocycles. The molecule has 0 saturated carbocycles. The van der Waals surface area contributed by atoms with Gasteiger partial charge >= 0.3 is 0 Å². The summed E-state index contributed by atoms with van der Waals surface area (Å²) in [5.41, 5.74) is 4.78. The second kappa shape index (κ2) is 12.9. The van der Waals surface area contributed by atoms with E-state index in [-0.39, 0.29) is 39.6 Å². The van der Waals surface area contributed by atoms with Crippen LogP contribution in [-0.2, 0) is 39.6 Å². The van der Waals surface area contributed by atoms with Gasteiger partial charge in [-0.25, -0.2) is 0 Å². The molecule has 0 aromatic carbocycles. The first kappa shape index (κ1) is 30.0. The molecule has 6 rings (SSSR count). The number of aliphatic hydroxyl groups is 6. The predicted molar refractivity (Wildman–Crippen MR) is 176 cm³/mol. The van der Waals surface area contributed by atoms with Gasteiger partial charge in [-0.15, -0.1) is 68.0 Å². The number of thiophene rings is 6. The predicted octanol–water partition coefficient (Wildman–Crippen LogP) is 7.34. The highest BCUT2D eigenvalue weighted by Gasteiger charge is 2.23. The Hall–Kier alpha value is -2.04. The number of hydrogen-bond acceptors (Lipinski definition) is 12. The van der Waals surface area contributed by atoms with Crippen LogP contribution in [0.3, 0.4) is 0 Å². The molecule has 6 nitrogen and oxygen atoms in total. The quantitative estimate of drug-likeness (QED) is 0.0856. The Labute approximate surface area is 266 Å². The monoisotopic (exact) mass is 674 g/mol. The van der Waals surface area contributed by atoms with Crippen molar-refractivity contribution >= 4 is 68.0 Å². The van der Waals surface area contributed by atoms with E-state index in [1.807, 2.05) is 47.2 Å². The third-order valence-electron chi connectivity index (χ3n) is 6.86. The Balaban J connectivity index is 1.40. The summed E-state index contributed by atoms with van der Waals surface area (Å²) in [7, 11) is 0. The van der Waals surface area contributed by atoms with E-state index in [4.69, 9.17) is 0 Å². The summed E-state index contributed by atoms with van der Waals surface area (Å²) in [4.78, 5) is 9.39. The summed E-state index contributed by atoms with van der Waals surface area (Å²) >= 11 is 9.27. The molecule has 0 fully saturated rings. The molecule has 0 bridgehead atoms. The first-order chi connectivity index (χ1) is 20.5. The smallest absolute Gasteiger partial charge is 0.0696 e. The van der Waals surface area contributed by atoms with E-state index in [9.17, 15) is 30.6 Å². The second-order valence-electron chi connectivity index (χ2n) is 9.36. The summed E-state index contributed by atoms with van der Waals surface area (Å²) in [6.45, 7) is -0.690. The molecule has 0 aliphatic carbocycles. The molecule has 12 heteroatoms. The van der Waals surface area contributed by atoms with Crippen LogP contribution in [0.4, 0.5) is 0 Å². The molecule has 6 aromatic rings. The molecule has 0 radical (unpaired) electrons. The second-order valence-corrected chi connectivity index (χ2v) is 15.4. The van der Waals surface area contributed by atoms with Gasteiger partial charge in [-0.1, -0.05) is 0 Å². The number of rotatable bonds is 11. The van der Waals surface area contributed by atoms with Crippen LogP contribution in [0.5, 0.6) is 0 Å². The van der Waals surface area contributed by atoms with Crippen LogP contribution in [-0.4, -0.2) is 30.6 Å². The Morgan fingerprint density at radius 2 is 0.619 bits per heavy atom. The molecule has 42 heavy (non-hydrogen) atoms. The minimum absolute atomic E-state index is 0.0686. The van der Waals surface area contributed by atoms with Crippen molar-refractivity contribution in [3.05, 3.63) is 80.5 Å². The van der Waals surface area contributed by atoms with E-state index in [2.05, 4.69) is 0 Å². The third kappa shape index (κ3) is 5.40. The maximum absolute atomic E-state index is 10.3. The minimum atomic E-state index is -0.158. The van der Waals surface area contributed by atoms with Crippen molar-refractivity contribution in [2.45, 2.75) is 39.6 Å². The third-order valence-corrected chi connectivity index (χ3v) is 14.4. The average molecular weight is 675 g/mol. The topological polar surface area (TPSA) is 121 Å². The van der Waals surface area contributed by atoms with Crippen molar-refractivity contribution in [1.82, 2.24) is 0 Å². The zero-order chi connectivity index (χ0) is 29.4.